The summed E-state index contributed by atoms with van der Waals surface area (Å²) in [6.07, 6.45) is 7.48. The number of nitrogens with zero attached hydrogens (tertiary/aromatic N) is 8. The first-order chi connectivity index (χ1) is 26.1. The summed E-state index contributed by atoms with van der Waals surface area (Å²) < 4.78 is 4.00. The van der Waals surface area contributed by atoms with Crippen LogP contribution in [-0.4, -0.2) is 53.3 Å². The maximum absolute atomic E-state index is 10.2. The second-order valence-corrected chi connectivity index (χ2v) is 15.7. The van der Waals surface area contributed by atoms with E-state index in [0.717, 1.165) is 59.5 Å². The van der Waals surface area contributed by atoms with Gasteiger partial charge in [0.2, 0.25) is 0 Å². The summed E-state index contributed by atoms with van der Waals surface area (Å²) in [6.45, 7) is 9.49. The molecule has 7 aromatic rings. The lowest BCUT2D eigenvalue weighted by Crippen LogP contribution is -2.46. The second-order valence-electron chi connectivity index (χ2n) is 14.8. The van der Waals surface area contributed by atoms with Gasteiger partial charge in [-0.25, -0.2) is 4.68 Å². The molecule has 4 heterocycles. The Labute approximate surface area is 324 Å². The standard InChI is InChI=1S/C42H40Cl2N10/c1-42(2,3)52-17-15-34(16-18-52)53-26-37(50-51-53)40(28-9-11-31(43)12-10-28)49-33-20-35-39(30(22-45)23-46-41(35)36(44)21-33)48-32-13-14-38-29(19-32)24-47-54(38)25-27-7-5-4-6-8-27/h4-14,19-21,23-24,26,34,40,49H,15-18,25H2,1-3H3,(H,46,48)/t40-/m0/s1. The Morgan fingerprint density at radius 3 is 2.44 bits per heavy atom. The van der Waals surface area contributed by atoms with Gasteiger partial charge < -0.3 is 10.6 Å². The molecular weight excluding hydrogens is 715 g/mol. The number of rotatable bonds is 9. The fraction of sp³-hybridized carbons (Fsp3) is 0.262. The van der Waals surface area contributed by atoms with Gasteiger partial charge in [0.15, 0.2) is 0 Å². The van der Waals surface area contributed by atoms with Gasteiger partial charge in [0.05, 0.1) is 58.3 Å². The van der Waals surface area contributed by atoms with Crippen LogP contribution in [0, 0.1) is 11.3 Å². The lowest BCUT2D eigenvalue weighted by molar-refractivity contribution is 0.0866. The zero-order valence-corrected chi connectivity index (χ0v) is 31.9. The van der Waals surface area contributed by atoms with Crippen molar-refractivity contribution in [1.29, 1.82) is 5.26 Å². The minimum atomic E-state index is -0.363. The number of anilines is 3. The molecule has 1 aliphatic rings. The molecule has 10 nitrogen and oxygen atoms in total. The zero-order valence-electron chi connectivity index (χ0n) is 30.3. The molecule has 1 fully saturated rings. The van der Waals surface area contributed by atoms with Crippen molar-refractivity contribution in [1.82, 2.24) is 34.7 Å². The SMILES string of the molecule is CC(C)(C)N1CCC(n2cc([C@@H](Nc3cc(Cl)c4ncc(C#N)c(Nc5ccc6c(cnn6Cc6ccccc6)c5)c4c3)c3ccc(Cl)cc3)nn2)CC1. The van der Waals surface area contributed by atoms with Crippen molar-refractivity contribution in [2.75, 3.05) is 23.7 Å². The highest BCUT2D eigenvalue weighted by Gasteiger charge is 2.29. The summed E-state index contributed by atoms with van der Waals surface area (Å²) >= 11 is 13.3. The first kappa shape index (κ1) is 35.6. The molecule has 0 aliphatic carbocycles. The largest absolute Gasteiger partial charge is 0.373 e. The van der Waals surface area contributed by atoms with Crippen LogP contribution in [0.3, 0.4) is 0 Å². The molecule has 1 atom stereocenters. The number of halogens is 2. The van der Waals surface area contributed by atoms with Crippen LogP contribution in [-0.2, 0) is 6.54 Å². The van der Waals surface area contributed by atoms with Crippen LogP contribution in [0.5, 0.6) is 0 Å². The van der Waals surface area contributed by atoms with Gasteiger partial charge in [0, 0.05) is 52.0 Å². The van der Waals surface area contributed by atoms with Gasteiger partial charge in [0.1, 0.15) is 11.8 Å². The highest BCUT2D eigenvalue weighted by atomic mass is 35.5. The fourth-order valence-corrected chi connectivity index (χ4v) is 7.70. The first-order valence-corrected chi connectivity index (χ1v) is 18.9. The van der Waals surface area contributed by atoms with Gasteiger partial charge >= 0.3 is 0 Å². The lowest BCUT2D eigenvalue weighted by Gasteiger charge is -2.40. The van der Waals surface area contributed by atoms with E-state index in [2.05, 4.69) is 74.9 Å². The number of benzene rings is 4. The van der Waals surface area contributed by atoms with Crippen LogP contribution in [0.15, 0.2) is 104 Å². The fourth-order valence-electron chi connectivity index (χ4n) is 7.31. The molecule has 272 valence electrons. The molecule has 4 aromatic carbocycles. The summed E-state index contributed by atoms with van der Waals surface area (Å²) in [7, 11) is 0. The predicted octanol–water partition coefficient (Wildman–Crippen LogP) is 9.78. The van der Waals surface area contributed by atoms with Crippen molar-refractivity contribution >= 4 is 62.1 Å². The van der Waals surface area contributed by atoms with Crippen LogP contribution >= 0.6 is 23.2 Å². The molecule has 0 spiro atoms. The van der Waals surface area contributed by atoms with Crippen molar-refractivity contribution in [3.8, 4) is 6.07 Å². The number of hydrogen-bond donors (Lipinski definition) is 2. The summed E-state index contributed by atoms with van der Waals surface area (Å²) in [6, 6.07) is 30.1. The van der Waals surface area contributed by atoms with E-state index in [4.69, 9.17) is 23.2 Å². The molecule has 0 amide bonds. The van der Waals surface area contributed by atoms with Gasteiger partial charge in [-0.05, 0) is 87.2 Å². The molecule has 8 rings (SSSR count). The maximum Gasteiger partial charge on any atom is 0.109 e. The number of piperidine rings is 1. The first-order valence-electron chi connectivity index (χ1n) is 18.1. The topological polar surface area (TPSA) is 113 Å². The average Bonchev–Trinajstić information content (AvgIpc) is 3.82. The van der Waals surface area contributed by atoms with E-state index < -0.39 is 0 Å². The molecule has 54 heavy (non-hydrogen) atoms. The normalized spacial score (nSPS) is 14.7. The number of nitrogens with one attached hydrogen (secondary N) is 2. The van der Waals surface area contributed by atoms with Gasteiger partial charge in [-0.3, -0.25) is 14.6 Å². The van der Waals surface area contributed by atoms with Crippen LogP contribution in [0.2, 0.25) is 10.0 Å². The molecule has 3 aromatic heterocycles. The Hall–Kier alpha value is -5.47. The molecule has 0 bridgehead atoms. The van der Waals surface area contributed by atoms with Crippen molar-refractivity contribution < 1.29 is 0 Å². The number of nitriles is 1. The quantitative estimate of drug-likeness (QED) is 0.150. The van der Waals surface area contributed by atoms with E-state index in [0.29, 0.717) is 38.7 Å². The van der Waals surface area contributed by atoms with Crippen molar-refractivity contribution in [2.45, 2.75) is 57.8 Å². The summed E-state index contributed by atoms with van der Waals surface area (Å²) in [5.74, 6) is 0. The van der Waals surface area contributed by atoms with Crippen LogP contribution < -0.4 is 10.6 Å². The van der Waals surface area contributed by atoms with Gasteiger partial charge in [-0.1, -0.05) is 70.9 Å². The summed E-state index contributed by atoms with van der Waals surface area (Å²) in [4.78, 5) is 7.11. The van der Waals surface area contributed by atoms with E-state index in [1.54, 1.807) is 6.20 Å². The third-order valence-corrected chi connectivity index (χ3v) is 10.8. The molecule has 0 unspecified atom stereocenters. The highest BCUT2D eigenvalue weighted by Crippen LogP contribution is 2.38. The van der Waals surface area contributed by atoms with E-state index in [-0.39, 0.29) is 17.6 Å². The van der Waals surface area contributed by atoms with E-state index in [1.165, 1.54) is 5.56 Å². The Kier molecular flexibility index (Phi) is 9.71. The smallest absolute Gasteiger partial charge is 0.109 e. The molecule has 0 saturated carbocycles. The average molecular weight is 756 g/mol. The molecule has 2 N–H and O–H groups in total. The number of pyridine rings is 1. The molecule has 0 radical (unpaired) electrons. The number of fused-ring (bicyclic) bond motifs is 2. The van der Waals surface area contributed by atoms with E-state index >= 15 is 0 Å². The van der Waals surface area contributed by atoms with Crippen molar-refractivity contribution in [3.63, 3.8) is 0 Å². The Morgan fingerprint density at radius 2 is 1.70 bits per heavy atom. The highest BCUT2D eigenvalue weighted by molar-refractivity contribution is 6.36. The zero-order chi connectivity index (χ0) is 37.4. The van der Waals surface area contributed by atoms with Crippen LogP contribution in [0.4, 0.5) is 17.1 Å². The van der Waals surface area contributed by atoms with E-state index in [9.17, 15) is 5.26 Å². The van der Waals surface area contributed by atoms with E-state index in [1.807, 2.05) is 94.6 Å². The monoisotopic (exact) mass is 754 g/mol. The maximum atomic E-state index is 10.2. The lowest BCUT2D eigenvalue weighted by atomic mass is 9.98. The Morgan fingerprint density at radius 1 is 0.926 bits per heavy atom. The molecular formula is C42H40Cl2N10. The second kappa shape index (κ2) is 14.7. The summed E-state index contributed by atoms with van der Waals surface area (Å²) in [5.41, 5.74) is 7.20. The summed E-state index contributed by atoms with van der Waals surface area (Å²) in [5, 5.41) is 34.1. The minimum Gasteiger partial charge on any atom is -0.373 e. The molecule has 1 saturated heterocycles. The predicted molar refractivity (Wildman–Crippen MR) is 217 cm³/mol. The number of aromatic nitrogens is 6. The van der Waals surface area contributed by atoms with Gasteiger partial charge in [-0.15, -0.1) is 5.10 Å². The van der Waals surface area contributed by atoms with Gasteiger partial charge in [-0.2, -0.15) is 10.4 Å². The van der Waals surface area contributed by atoms with Crippen molar-refractivity contribution in [2.24, 2.45) is 0 Å². The third kappa shape index (κ3) is 7.35. The molecule has 12 heteroatoms. The molecule has 1 aliphatic heterocycles. The Balaban J connectivity index is 1.11. The Bertz CT molecular complexity index is 2470. The van der Waals surface area contributed by atoms with Crippen LogP contribution in [0.1, 0.15) is 68.1 Å². The van der Waals surface area contributed by atoms with Crippen molar-refractivity contribution in [3.05, 3.63) is 136 Å². The number of likely N-dealkylation sites (tertiary alicyclic amines) is 1. The number of hydrogen-bond acceptors (Lipinski definition) is 8. The minimum absolute atomic E-state index is 0.142. The van der Waals surface area contributed by atoms with Crippen LogP contribution in [0.25, 0.3) is 21.8 Å². The van der Waals surface area contributed by atoms with Gasteiger partial charge in [0.25, 0.3) is 0 Å². The third-order valence-electron chi connectivity index (χ3n) is 10.3.